The Morgan fingerprint density at radius 2 is 1.03 bits per heavy atom. The van der Waals surface area contributed by atoms with Gasteiger partial charge in [0.1, 0.15) is 11.7 Å². The predicted octanol–water partition coefficient (Wildman–Crippen LogP) is 18.6. The molecule has 70 heavy (non-hydrogen) atoms. The molecular weight excluding hydrogens is 893 g/mol. The van der Waals surface area contributed by atoms with Crippen LogP contribution in [-0.4, -0.2) is 9.13 Å². The van der Waals surface area contributed by atoms with Crippen LogP contribution in [0.15, 0.2) is 192 Å². The highest BCUT2D eigenvalue weighted by Gasteiger charge is 2.33. The van der Waals surface area contributed by atoms with E-state index < -0.39 is 0 Å². The largest absolute Gasteiger partial charge is 0.454 e. The first-order chi connectivity index (χ1) is 34.6. The van der Waals surface area contributed by atoms with Crippen molar-refractivity contribution in [1.29, 1.82) is 5.26 Å². The lowest BCUT2D eigenvalue weighted by atomic mass is 9.88. The summed E-state index contributed by atoms with van der Waals surface area (Å²) in [5.41, 5.74) is 11.9. The van der Waals surface area contributed by atoms with Gasteiger partial charge in [-0.25, -0.2) is 4.85 Å². The molecule has 0 spiro atoms. The van der Waals surface area contributed by atoms with E-state index in [4.69, 9.17) is 4.42 Å². The second-order valence-electron chi connectivity index (χ2n) is 18.1. The van der Waals surface area contributed by atoms with E-state index in [9.17, 15) is 11.8 Å². The van der Waals surface area contributed by atoms with E-state index in [1.165, 1.54) is 31.1 Å². The number of fused-ring (bicyclic) bond motifs is 18. The summed E-state index contributed by atoms with van der Waals surface area (Å²) in [6.45, 7) is 11.6. The van der Waals surface area contributed by atoms with Gasteiger partial charge in [-0.2, -0.15) is 5.26 Å². The third-order valence-electron chi connectivity index (χ3n) is 14.4. The van der Waals surface area contributed by atoms with E-state index in [0.717, 1.165) is 103 Å². The normalized spacial score (nSPS) is 12.0. The smallest absolute Gasteiger partial charge is 0.220 e. The van der Waals surface area contributed by atoms with E-state index in [-0.39, 0.29) is 0 Å². The summed E-state index contributed by atoms with van der Waals surface area (Å²) in [5.74, 6) is 0. The molecule has 5 heterocycles. The second kappa shape index (κ2) is 14.5. The Kier molecular flexibility index (Phi) is 8.10. The predicted molar refractivity (Wildman–Crippen MR) is 295 cm³/mol. The van der Waals surface area contributed by atoms with E-state index in [2.05, 4.69) is 166 Å². The Hall–Kier alpha value is -8.98. The molecule has 10 aromatic carbocycles. The monoisotopic (exact) mass is 926 g/mol. The van der Waals surface area contributed by atoms with Crippen LogP contribution in [0, 0.1) is 24.8 Å². The summed E-state index contributed by atoms with van der Waals surface area (Å²) < 4.78 is 16.4. The minimum absolute atomic E-state index is 0.388. The Morgan fingerprint density at radius 1 is 0.486 bits per heavy atom. The fraction of sp³-hybridized carbons (Fsp3) is 0.0159. The second-order valence-corrected chi connectivity index (χ2v) is 20.2. The molecule has 5 aromatic heterocycles. The van der Waals surface area contributed by atoms with Crippen LogP contribution >= 0.6 is 22.7 Å². The molecule has 0 unspecified atom stereocenters. The van der Waals surface area contributed by atoms with Gasteiger partial charge in [0.2, 0.25) is 5.69 Å². The van der Waals surface area contributed by atoms with Crippen LogP contribution in [0.2, 0.25) is 0 Å². The van der Waals surface area contributed by atoms with Crippen molar-refractivity contribution in [2.24, 2.45) is 0 Å². The molecule has 324 valence electrons. The van der Waals surface area contributed by atoms with Crippen LogP contribution in [-0.2, 0) is 0 Å². The van der Waals surface area contributed by atoms with E-state index >= 15 is 0 Å². The molecule has 0 fully saturated rings. The first-order valence-electron chi connectivity index (χ1n) is 23.3. The Morgan fingerprint density at radius 3 is 1.76 bits per heavy atom. The molecule has 0 aliphatic carbocycles. The van der Waals surface area contributed by atoms with Crippen molar-refractivity contribution >= 4 is 134 Å². The van der Waals surface area contributed by atoms with Crippen LogP contribution in [0.25, 0.3) is 144 Å². The van der Waals surface area contributed by atoms with Crippen LogP contribution in [0.3, 0.4) is 0 Å². The standard InChI is InChI=1S/C63H34N4OS2/c1-35-25-26-41-47-31-28-42-38-19-9-12-22-49(38)66(58(42)62(47)70-52(41)33-35)56-48(34-64)53(36-15-5-3-6-16-36)55(65-2)60(54(56)37-17-7-4-8-18-37)67-57-43(27-30-45-39-20-10-13-23-50(39)68-61(45)57)44-29-32-46-40-21-11-14-24-51(40)69-63(46)59(44)67/h3-33H,1H3. The summed E-state index contributed by atoms with van der Waals surface area (Å²) >= 11 is 3.57. The molecule has 0 aliphatic heterocycles. The zero-order valence-corrected chi connectivity index (χ0v) is 39.0. The van der Waals surface area contributed by atoms with Crippen molar-refractivity contribution in [3.8, 4) is 39.7 Å². The van der Waals surface area contributed by atoms with E-state index in [0.29, 0.717) is 22.5 Å². The van der Waals surface area contributed by atoms with Crippen LogP contribution in [0.5, 0.6) is 0 Å². The number of nitrogens with zero attached hydrogens (tertiary/aromatic N) is 4. The molecule has 0 amide bonds. The minimum atomic E-state index is 0.388. The number of aryl methyl sites for hydroxylation is 1. The number of hydrogen-bond acceptors (Lipinski definition) is 4. The minimum Gasteiger partial charge on any atom is -0.454 e. The number of thiophene rings is 2. The first kappa shape index (κ1) is 39.1. The van der Waals surface area contributed by atoms with Gasteiger partial charge in [0.15, 0.2) is 5.58 Å². The molecule has 0 saturated heterocycles. The van der Waals surface area contributed by atoms with Gasteiger partial charge in [-0.05, 0) is 53.9 Å². The Labute approximate surface area is 407 Å². The van der Waals surface area contributed by atoms with Gasteiger partial charge in [0.05, 0.1) is 55.0 Å². The van der Waals surface area contributed by atoms with Crippen molar-refractivity contribution in [3.05, 3.63) is 211 Å². The maximum absolute atomic E-state index is 12.1. The van der Waals surface area contributed by atoms with Crippen molar-refractivity contribution in [3.63, 3.8) is 0 Å². The Bertz CT molecular complexity index is 4730. The molecule has 0 bridgehead atoms. The van der Waals surface area contributed by atoms with Crippen molar-refractivity contribution in [1.82, 2.24) is 9.13 Å². The topological polar surface area (TPSA) is 51.1 Å². The highest BCUT2D eigenvalue weighted by molar-refractivity contribution is 7.27. The van der Waals surface area contributed by atoms with Crippen LogP contribution < -0.4 is 0 Å². The number of nitriles is 1. The summed E-state index contributed by atoms with van der Waals surface area (Å²) in [5, 5.41) is 23.0. The number of para-hydroxylation sites is 2. The van der Waals surface area contributed by atoms with Crippen molar-refractivity contribution in [2.45, 2.75) is 6.92 Å². The number of benzene rings is 10. The summed E-state index contributed by atoms with van der Waals surface area (Å²) in [7, 11) is 0. The maximum atomic E-state index is 12.1. The van der Waals surface area contributed by atoms with Gasteiger partial charge in [-0.3, -0.25) is 0 Å². The number of rotatable bonds is 4. The highest BCUT2D eigenvalue weighted by atomic mass is 32.1. The van der Waals surface area contributed by atoms with E-state index in [1.807, 2.05) is 48.5 Å². The SMILES string of the molecule is [C-]#[N+]c1c(-c2ccccc2)c(C#N)c(-n2c3ccccc3c3ccc4c5ccc(C)cc5sc4c32)c(-c2ccccc2)c1-n1c2c(ccc3c4ccccc4oc32)c2ccc3c4ccccc4sc3c21. The Balaban J connectivity index is 1.26. The maximum Gasteiger partial charge on any atom is 0.220 e. The zero-order valence-electron chi connectivity index (χ0n) is 37.4. The lowest BCUT2D eigenvalue weighted by Crippen LogP contribution is -2.09. The van der Waals surface area contributed by atoms with E-state index in [1.54, 1.807) is 22.7 Å². The van der Waals surface area contributed by atoms with Gasteiger partial charge < -0.3 is 13.6 Å². The van der Waals surface area contributed by atoms with Gasteiger partial charge in [-0.15, -0.1) is 22.7 Å². The molecule has 15 aromatic rings. The number of aromatic nitrogens is 2. The summed E-state index contributed by atoms with van der Waals surface area (Å²) in [4.78, 5) is 4.63. The fourth-order valence-electron chi connectivity index (χ4n) is 11.5. The quantitative estimate of drug-likeness (QED) is 0.165. The van der Waals surface area contributed by atoms with Gasteiger partial charge in [-0.1, -0.05) is 158 Å². The highest BCUT2D eigenvalue weighted by Crippen LogP contribution is 2.55. The lowest BCUT2D eigenvalue weighted by molar-refractivity contribution is 0.671. The molecule has 0 atom stereocenters. The van der Waals surface area contributed by atoms with Gasteiger partial charge in [0, 0.05) is 74.4 Å². The third-order valence-corrected chi connectivity index (χ3v) is 16.8. The molecule has 15 rings (SSSR count). The van der Waals surface area contributed by atoms with Crippen molar-refractivity contribution < 1.29 is 4.42 Å². The number of hydrogen-bond donors (Lipinski definition) is 0. The number of furan rings is 1. The fourth-order valence-corrected chi connectivity index (χ4v) is 14.1. The average Bonchev–Trinajstić information content (AvgIpc) is 4.23. The summed E-state index contributed by atoms with van der Waals surface area (Å²) in [6.07, 6.45) is 0. The van der Waals surface area contributed by atoms with Crippen LogP contribution in [0.4, 0.5) is 5.69 Å². The van der Waals surface area contributed by atoms with Gasteiger partial charge >= 0.3 is 0 Å². The molecule has 0 N–H and O–H groups in total. The third kappa shape index (κ3) is 5.17. The molecular formula is C63H34N4OS2. The van der Waals surface area contributed by atoms with Crippen molar-refractivity contribution in [2.75, 3.05) is 0 Å². The first-order valence-corrected chi connectivity index (χ1v) is 24.9. The molecule has 5 nitrogen and oxygen atoms in total. The molecule has 7 heteroatoms. The molecule has 0 saturated carbocycles. The molecule has 0 aliphatic rings. The average molecular weight is 927 g/mol. The zero-order chi connectivity index (χ0) is 46.4. The van der Waals surface area contributed by atoms with Crippen LogP contribution in [0.1, 0.15) is 11.1 Å². The lowest BCUT2D eigenvalue weighted by Gasteiger charge is -2.26. The summed E-state index contributed by atoms with van der Waals surface area (Å²) in [6, 6.07) is 68.8. The molecule has 0 radical (unpaired) electrons. The van der Waals surface area contributed by atoms with Gasteiger partial charge in [0.25, 0.3) is 0 Å².